The molecule has 1 aliphatic heterocycles. The minimum absolute atomic E-state index is 0.516. The molecule has 2 aliphatic rings. The van der Waals surface area contributed by atoms with E-state index in [-0.39, 0.29) is 0 Å². The number of fused-ring (bicyclic) bond motifs is 1. The van der Waals surface area contributed by atoms with Gasteiger partial charge < -0.3 is 11.1 Å². The zero-order valence-corrected chi connectivity index (χ0v) is 5.64. The highest BCUT2D eigenvalue weighted by Crippen LogP contribution is 2.32. The molecule has 9 heavy (non-hydrogen) atoms. The maximum atomic E-state index is 5.80. The molecule has 2 rings (SSSR count). The molecule has 0 spiro atoms. The molecular weight excluding hydrogens is 112 g/mol. The van der Waals surface area contributed by atoms with Crippen molar-refractivity contribution in [2.24, 2.45) is 17.6 Å². The standard InChI is InChI=1S/C7H14N2/c8-7-1-5-3-9-4-6(5)2-7/h5-7,9H,1-4,8H2/t5-,6+,7?. The van der Waals surface area contributed by atoms with Gasteiger partial charge in [-0.05, 0) is 37.8 Å². The Hall–Kier alpha value is -0.0800. The normalized spacial score (nSPS) is 49.7. The molecule has 2 heteroatoms. The highest BCUT2D eigenvalue weighted by Gasteiger charge is 2.35. The van der Waals surface area contributed by atoms with E-state index in [9.17, 15) is 0 Å². The van der Waals surface area contributed by atoms with Gasteiger partial charge in [0.2, 0.25) is 0 Å². The summed E-state index contributed by atoms with van der Waals surface area (Å²) in [6.45, 7) is 2.44. The van der Waals surface area contributed by atoms with Crippen molar-refractivity contribution in [1.82, 2.24) is 5.32 Å². The summed E-state index contributed by atoms with van der Waals surface area (Å²) in [4.78, 5) is 0. The summed E-state index contributed by atoms with van der Waals surface area (Å²) in [6, 6.07) is 0.516. The van der Waals surface area contributed by atoms with Crippen LogP contribution in [0, 0.1) is 11.8 Å². The van der Waals surface area contributed by atoms with E-state index in [4.69, 9.17) is 5.73 Å². The maximum Gasteiger partial charge on any atom is 0.00452 e. The Bertz CT molecular complexity index is 101. The van der Waals surface area contributed by atoms with Crippen molar-refractivity contribution in [3.05, 3.63) is 0 Å². The van der Waals surface area contributed by atoms with Crippen LogP contribution in [0.4, 0.5) is 0 Å². The fourth-order valence-electron chi connectivity index (χ4n) is 2.21. The van der Waals surface area contributed by atoms with E-state index in [2.05, 4.69) is 5.32 Å². The second-order valence-corrected chi connectivity index (χ2v) is 3.41. The Morgan fingerprint density at radius 2 is 1.67 bits per heavy atom. The molecule has 2 nitrogen and oxygen atoms in total. The summed E-state index contributed by atoms with van der Waals surface area (Å²) in [7, 11) is 0. The zero-order chi connectivity index (χ0) is 6.27. The Labute approximate surface area is 55.8 Å². The Morgan fingerprint density at radius 3 is 2.22 bits per heavy atom. The van der Waals surface area contributed by atoms with Crippen LogP contribution in [0.3, 0.4) is 0 Å². The van der Waals surface area contributed by atoms with E-state index < -0.39 is 0 Å². The first-order valence-corrected chi connectivity index (χ1v) is 3.82. The van der Waals surface area contributed by atoms with E-state index in [1.165, 1.54) is 25.9 Å². The van der Waals surface area contributed by atoms with Crippen LogP contribution in [0.25, 0.3) is 0 Å². The molecule has 1 saturated heterocycles. The maximum absolute atomic E-state index is 5.80. The average molecular weight is 126 g/mol. The lowest BCUT2D eigenvalue weighted by Crippen LogP contribution is -2.20. The van der Waals surface area contributed by atoms with E-state index in [1.807, 2.05) is 0 Å². The van der Waals surface area contributed by atoms with Crippen LogP contribution in [0.15, 0.2) is 0 Å². The highest BCUT2D eigenvalue weighted by molar-refractivity contribution is 4.91. The first-order valence-electron chi connectivity index (χ1n) is 3.82. The van der Waals surface area contributed by atoms with Gasteiger partial charge in [0.15, 0.2) is 0 Å². The second kappa shape index (κ2) is 1.96. The van der Waals surface area contributed by atoms with Gasteiger partial charge in [0, 0.05) is 6.04 Å². The number of rotatable bonds is 0. The lowest BCUT2D eigenvalue weighted by molar-refractivity contribution is 0.494. The molecule has 3 atom stereocenters. The van der Waals surface area contributed by atoms with Gasteiger partial charge >= 0.3 is 0 Å². The van der Waals surface area contributed by atoms with Crippen molar-refractivity contribution in [2.75, 3.05) is 13.1 Å². The lowest BCUT2D eigenvalue weighted by Gasteiger charge is -2.02. The molecule has 1 aliphatic carbocycles. The van der Waals surface area contributed by atoms with Gasteiger partial charge in [-0.15, -0.1) is 0 Å². The molecule has 1 unspecified atom stereocenters. The lowest BCUT2D eigenvalue weighted by atomic mass is 10.0. The molecule has 52 valence electrons. The summed E-state index contributed by atoms with van der Waals surface area (Å²) in [5, 5.41) is 3.39. The van der Waals surface area contributed by atoms with Gasteiger partial charge in [-0.2, -0.15) is 0 Å². The Morgan fingerprint density at radius 1 is 1.11 bits per heavy atom. The van der Waals surface area contributed by atoms with Crippen molar-refractivity contribution < 1.29 is 0 Å². The molecule has 3 N–H and O–H groups in total. The fourth-order valence-corrected chi connectivity index (χ4v) is 2.21. The molecule has 0 aromatic heterocycles. The molecule has 0 aromatic rings. The first kappa shape index (κ1) is 5.69. The Balaban J connectivity index is 2.02. The SMILES string of the molecule is NC1C[C@H]2CNC[C@H]2C1. The third kappa shape index (κ3) is 0.864. The molecule has 2 fully saturated rings. The van der Waals surface area contributed by atoms with Crippen molar-refractivity contribution in [2.45, 2.75) is 18.9 Å². The number of nitrogens with two attached hydrogens (primary N) is 1. The zero-order valence-electron chi connectivity index (χ0n) is 5.64. The summed E-state index contributed by atoms with van der Waals surface area (Å²) >= 11 is 0. The highest BCUT2D eigenvalue weighted by atomic mass is 14.9. The summed E-state index contributed by atoms with van der Waals surface area (Å²) in [6.07, 6.45) is 2.52. The largest absolute Gasteiger partial charge is 0.328 e. The van der Waals surface area contributed by atoms with Gasteiger partial charge in [-0.25, -0.2) is 0 Å². The van der Waals surface area contributed by atoms with Crippen molar-refractivity contribution in [3.8, 4) is 0 Å². The number of hydrogen-bond donors (Lipinski definition) is 2. The molecule has 0 amide bonds. The average Bonchev–Trinajstić information content (AvgIpc) is 2.22. The minimum Gasteiger partial charge on any atom is -0.328 e. The van der Waals surface area contributed by atoms with Gasteiger partial charge in [0.25, 0.3) is 0 Å². The van der Waals surface area contributed by atoms with Crippen LogP contribution in [0.2, 0.25) is 0 Å². The van der Waals surface area contributed by atoms with Crippen LogP contribution in [-0.4, -0.2) is 19.1 Å². The van der Waals surface area contributed by atoms with Crippen LogP contribution < -0.4 is 11.1 Å². The smallest absolute Gasteiger partial charge is 0.00452 e. The third-order valence-electron chi connectivity index (χ3n) is 2.69. The van der Waals surface area contributed by atoms with Crippen LogP contribution in [-0.2, 0) is 0 Å². The first-order chi connectivity index (χ1) is 4.36. The van der Waals surface area contributed by atoms with Crippen LogP contribution in [0.5, 0.6) is 0 Å². The molecular formula is C7H14N2. The topological polar surface area (TPSA) is 38.0 Å². The molecule has 0 radical (unpaired) electrons. The molecule has 0 bridgehead atoms. The van der Waals surface area contributed by atoms with Crippen LogP contribution >= 0.6 is 0 Å². The van der Waals surface area contributed by atoms with E-state index in [0.29, 0.717) is 6.04 Å². The van der Waals surface area contributed by atoms with Gasteiger partial charge in [-0.3, -0.25) is 0 Å². The van der Waals surface area contributed by atoms with Gasteiger partial charge in [0.05, 0.1) is 0 Å². The predicted molar refractivity (Wildman–Crippen MR) is 37.1 cm³/mol. The number of hydrogen-bond acceptors (Lipinski definition) is 2. The summed E-state index contributed by atoms with van der Waals surface area (Å²) < 4.78 is 0. The van der Waals surface area contributed by atoms with Crippen molar-refractivity contribution >= 4 is 0 Å². The van der Waals surface area contributed by atoms with Gasteiger partial charge in [-0.1, -0.05) is 0 Å². The van der Waals surface area contributed by atoms with Crippen LogP contribution in [0.1, 0.15) is 12.8 Å². The fraction of sp³-hybridized carbons (Fsp3) is 1.00. The van der Waals surface area contributed by atoms with E-state index >= 15 is 0 Å². The molecule has 1 saturated carbocycles. The third-order valence-corrected chi connectivity index (χ3v) is 2.69. The quantitative estimate of drug-likeness (QED) is 0.477. The van der Waals surface area contributed by atoms with E-state index in [1.54, 1.807) is 0 Å². The summed E-state index contributed by atoms with van der Waals surface area (Å²) in [5.41, 5.74) is 5.80. The summed E-state index contributed by atoms with van der Waals surface area (Å²) in [5.74, 6) is 1.83. The number of nitrogens with one attached hydrogen (secondary N) is 1. The predicted octanol–water partition coefficient (Wildman–Crippen LogP) is -0.0569. The molecule has 0 aromatic carbocycles. The monoisotopic (exact) mass is 126 g/mol. The second-order valence-electron chi connectivity index (χ2n) is 3.41. The van der Waals surface area contributed by atoms with Crippen molar-refractivity contribution in [1.29, 1.82) is 0 Å². The van der Waals surface area contributed by atoms with E-state index in [0.717, 1.165) is 11.8 Å². The Kier molecular flexibility index (Phi) is 1.24. The minimum atomic E-state index is 0.516. The van der Waals surface area contributed by atoms with Gasteiger partial charge in [0.1, 0.15) is 0 Å². The van der Waals surface area contributed by atoms with Crippen molar-refractivity contribution in [3.63, 3.8) is 0 Å². The molecule has 1 heterocycles.